The van der Waals surface area contributed by atoms with Gasteiger partial charge < -0.3 is 24.1 Å². The highest BCUT2D eigenvalue weighted by Crippen LogP contribution is 2.32. The normalized spacial score (nSPS) is 13.6. The lowest BCUT2D eigenvalue weighted by Crippen LogP contribution is -2.40. The minimum absolute atomic E-state index is 0.106. The van der Waals surface area contributed by atoms with E-state index in [1.807, 2.05) is 52.0 Å². The van der Waals surface area contributed by atoms with Crippen molar-refractivity contribution in [3.8, 4) is 11.5 Å². The topological polar surface area (TPSA) is 63.9 Å². The van der Waals surface area contributed by atoms with Crippen molar-refractivity contribution in [2.45, 2.75) is 40.3 Å². The molecule has 0 saturated carbocycles. The first-order valence-corrected chi connectivity index (χ1v) is 8.48. The molecular formula is C19H24N2O4. The highest BCUT2D eigenvalue weighted by atomic mass is 16.7. The maximum atomic E-state index is 12.6. The highest BCUT2D eigenvalue weighted by molar-refractivity contribution is 5.74. The quantitative estimate of drug-likeness (QED) is 0.893. The van der Waals surface area contributed by atoms with Gasteiger partial charge in [0.05, 0.1) is 6.04 Å². The monoisotopic (exact) mass is 344 g/mol. The standard InChI is InChI=1S/C19H24N2O4/c1-5-21(10-15-6-7-17-18(9-15)24-11-23-17)19(22)20-13(3)16-8-12(2)25-14(16)4/h6-9,13H,5,10-11H2,1-4H3,(H,20,22)/t13-/m1/s1. The molecule has 25 heavy (non-hydrogen) atoms. The molecule has 6 nitrogen and oxygen atoms in total. The summed E-state index contributed by atoms with van der Waals surface area (Å²) < 4.78 is 16.3. The fraction of sp³-hybridized carbons (Fsp3) is 0.421. The molecule has 0 bridgehead atoms. The van der Waals surface area contributed by atoms with Crippen LogP contribution in [0, 0.1) is 13.8 Å². The smallest absolute Gasteiger partial charge is 0.318 e. The van der Waals surface area contributed by atoms with Gasteiger partial charge >= 0.3 is 6.03 Å². The second kappa shape index (κ2) is 7.09. The lowest BCUT2D eigenvalue weighted by molar-refractivity contribution is 0.173. The van der Waals surface area contributed by atoms with Crippen LogP contribution in [0.5, 0.6) is 11.5 Å². The Hall–Kier alpha value is -2.63. The zero-order valence-corrected chi connectivity index (χ0v) is 15.1. The van der Waals surface area contributed by atoms with E-state index in [4.69, 9.17) is 13.9 Å². The summed E-state index contributed by atoms with van der Waals surface area (Å²) in [5.74, 6) is 3.16. The van der Waals surface area contributed by atoms with E-state index in [0.717, 1.165) is 34.1 Å². The van der Waals surface area contributed by atoms with Crippen LogP contribution in [0.2, 0.25) is 0 Å². The average Bonchev–Trinajstić information content (AvgIpc) is 3.17. The van der Waals surface area contributed by atoms with Crippen LogP contribution in [0.25, 0.3) is 0 Å². The zero-order chi connectivity index (χ0) is 18.0. The lowest BCUT2D eigenvalue weighted by atomic mass is 10.1. The molecule has 1 aliphatic rings. The average molecular weight is 344 g/mol. The Morgan fingerprint density at radius 3 is 2.68 bits per heavy atom. The molecule has 2 aromatic rings. The summed E-state index contributed by atoms with van der Waals surface area (Å²) in [5, 5.41) is 3.04. The van der Waals surface area contributed by atoms with Gasteiger partial charge in [-0.3, -0.25) is 0 Å². The number of ether oxygens (including phenoxy) is 2. The Labute approximate surface area is 147 Å². The van der Waals surface area contributed by atoms with Gasteiger partial charge in [-0.2, -0.15) is 0 Å². The Bertz CT molecular complexity index is 769. The largest absolute Gasteiger partial charge is 0.466 e. The van der Waals surface area contributed by atoms with Crippen molar-refractivity contribution >= 4 is 6.03 Å². The first-order valence-electron chi connectivity index (χ1n) is 8.48. The molecular weight excluding hydrogens is 320 g/mol. The summed E-state index contributed by atoms with van der Waals surface area (Å²) in [7, 11) is 0. The van der Waals surface area contributed by atoms with Gasteiger partial charge in [-0.15, -0.1) is 0 Å². The summed E-state index contributed by atoms with van der Waals surface area (Å²) in [5.41, 5.74) is 2.01. The van der Waals surface area contributed by atoms with Crippen molar-refractivity contribution in [1.82, 2.24) is 10.2 Å². The second-order valence-electron chi connectivity index (χ2n) is 6.24. The molecule has 1 aromatic carbocycles. The number of hydrogen-bond acceptors (Lipinski definition) is 4. The number of benzene rings is 1. The van der Waals surface area contributed by atoms with Crippen LogP contribution >= 0.6 is 0 Å². The SMILES string of the molecule is CCN(Cc1ccc2c(c1)OCO2)C(=O)N[C@H](C)c1cc(C)oc1C. The Morgan fingerprint density at radius 2 is 2.00 bits per heavy atom. The molecule has 0 aliphatic carbocycles. The summed E-state index contributed by atoms with van der Waals surface area (Å²) >= 11 is 0. The highest BCUT2D eigenvalue weighted by Gasteiger charge is 2.20. The molecule has 1 atom stereocenters. The molecule has 1 N–H and O–H groups in total. The van der Waals surface area contributed by atoms with Gasteiger partial charge in [0.15, 0.2) is 11.5 Å². The van der Waals surface area contributed by atoms with Gasteiger partial charge in [0.25, 0.3) is 0 Å². The van der Waals surface area contributed by atoms with Crippen LogP contribution in [0.4, 0.5) is 4.79 Å². The van der Waals surface area contributed by atoms with Gasteiger partial charge in [-0.25, -0.2) is 4.79 Å². The Balaban J connectivity index is 1.66. The van der Waals surface area contributed by atoms with Crippen molar-refractivity contribution in [2.75, 3.05) is 13.3 Å². The van der Waals surface area contributed by atoms with Crippen molar-refractivity contribution < 1.29 is 18.7 Å². The van der Waals surface area contributed by atoms with Crippen LogP contribution < -0.4 is 14.8 Å². The van der Waals surface area contributed by atoms with Gasteiger partial charge in [0, 0.05) is 18.7 Å². The van der Waals surface area contributed by atoms with E-state index < -0.39 is 0 Å². The van der Waals surface area contributed by atoms with E-state index in [2.05, 4.69) is 5.32 Å². The first kappa shape index (κ1) is 17.2. The van der Waals surface area contributed by atoms with Crippen LogP contribution in [-0.2, 0) is 6.54 Å². The third-order valence-corrected chi connectivity index (χ3v) is 4.37. The fourth-order valence-electron chi connectivity index (χ4n) is 3.02. The maximum absolute atomic E-state index is 12.6. The molecule has 0 radical (unpaired) electrons. The molecule has 1 aliphatic heterocycles. The zero-order valence-electron chi connectivity index (χ0n) is 15.1. The predicted octanol–water partition coefficient (Wildman–Crippen LogP) is 3.92. The molecule has 0 saturated heterocycles. The van der Waals surface area contributed by atoms with E-state index in [9.17, 15) is 4.79 Å². The minimum atomic E-state index is -0.115. The first-order chi connectivity index (χ1) is 12.0. The third-order valence-electron chi connectivity index (χ3n) is 4.37. The fourth-order valence-corrected chi connectivity index (χ4v) is 3.02. The van der Waals surface area contributed by atoms with E-state index in [1.165, 1.54) is 0 Å². The van der Waals surface area contributed by atoms with E-state index in [-0.39, 0.29) is 18.9 Å². The number of fused-ring (bicyclic) bond motifs is 1. The van der Waals surface area contributed by atoms with Crippen LogP contribution in [0.1, 0.15) is 42.5 Å². The van der Waals surface area contributed by atoms with E-state index >= 15 is 0 Å². The van der Waals surface area contributed by atoms with Crippen LogP contribution in [-0.4, -0.2) is 24.3 Å². The number of rotatable bonds is 5. The lowest BCUT2D eigenvalue weighted by Gasteiger charge is -2.24. The minimum Gasteiger partial charge on any atom is -0.466 e. The molecule has 3 rings (SSSR count). The van der Waals surface area contributed by atoms with E-state index in [0.29, 0.717) is 13.1 Å². The molecule has 1 aromatic heterocycles. The van der Waals surface area contributed by atoms with Gasteiger partial charge in [-0.05, 0) is 51.5 Å². The van der Waals surface area contributed by atoms with Crippen molar-refractivity contribution in [3.05, 3.63) is 46.9 Å². The number of carbonyl (C=O) groups excluding carboxylic acids is 1. The molecule has 0 fully saturated rings. The van der Waals surface area contributed by atoms with Gasteiger partial charge in [0.2, 0.25) is 6.79 Å². The summed E-state index contributed by atoms with van der Waals surface area (Å²) in [6.45, 7) is 9.11. The summed E-state index contributed by atoms with van der Waals surface area (Å²) in [4.78, 5) is 14.4. The molecule has 6 heteroatoms. The van der Waals surface area contributed by atoms with Crippen molar-refractivity contribution in [2.24, 2.45) is 0 Å². The maximum Gasteiger partial charge on any atom is 0.318 e. The number of nitrogens with zero attached hydrogens (tertiary/aromatic N) is 1. The third kappa shape index (κ3) is 3.73. The van der Waals surface area contributed by atoms with E-state index in [1.54, 1.807) is 4.90 Å². The van der Waals surface area contributed by atoms with Crippen LogP contribution in [0.3, 0.4) is 0 Å². The Kier molecular flexibility index (Phi) is 4.88. The summed E-state index contributed by atoms with van der Waals surface area (Å²) in [6.07, 6.45) is 0. The number of nitrogens with one attached hydrogen (secondary N) is 1. The number of aryl methyl sites for hydroxylation is 2. The van der Waals surface area contributed by atoms with Crippen molar-refractivity contribution in [1.29, 1.82) is 0 Å². The predicted molar refractivity (Wildman–Crippen MR) is 93.8 cm³/mol. The number of carbonyl (C=O) groups is 1. The molecule has 0 spiro atoms. The van der Waals surface area contributed by atoms with Crippen molar-refractivity contribution in [3.63, 3.8) is 0 Å². The number of hydrogen-bond donors (Lipinski definition) is 1. The molecule has 2 heterocycles. The van der Waals surface area contributed by atoms with Gasteiger partial charge in [-0.1, -0.05) is 6.07 Å². The molecule has 134 valence electrons. The van der Waals surface area contributed by atoms with Gasteiger partial charge in [0.1, 0.15) is 11.5 Å². The number of amides is 2. The number of furan rings is 1. The number of urea groups is 1. The van der Waals surface area contributed by atoms with Crippen LogP contribution in [0.15, 0.2) is 28.7 Å². The summed E-state index contributed by atoms with van der Waals surface area (Å²) in [6, 6.07) is 7.50. The Morgan fingerprint density at radius 1 is 1.24 bits per heavy atom. The second-order valence-corrected chi connectivity index (χ2v) is 6.24. The molecule has 0 unspecified atom stereocenters. The molecule has 2 amide bonds.